The summed E-state index contributed by atoms with van der Waals surface area (Å²) < 4.78 is 10.3. The van der Waals surface area contributed by atoms with E-state index >= 15 is 0 Å². The van der Waals surface area contributed by atoms with Crippen LogP contribution < -0.4 is 9.80 Å². The normalized spacial score (nSPS) is 19.0. The highest BCUT2D eigenvalue weighted by molar-refractivity contribution is 5.96. The molecule has 2 amide bonds. The van der Waals surface area contributed by atoms with Gasteiger partial charge in [0.25, 0.3) is 5.91 Å². The molecule has 3 heterocycles. The van der Waals surface area contributed by atoms with Crippen molar-refractivity contribution in [1.29, 1.82) is 0 Å². The van der Waals surface area contributed by atoms with Gasteiger partial charge < -0.3 is 19.3 Å². The number of aryl methyl sites for hydroxylation is 2. The Balaban J connectivity index is 1.36. The molecule has 0 aliphatic carbocycles. The standard InChI is InChI=1S/C23H28N4O4/c1-16-12-17(2)21(24-13-16)25-8-10-26(11-9-25)22(28)18-4-6-19(7-5-18)27-14-20(15-30-3)31-23(27)29/h4-7,12-13,20H,8-11,14-15H2,1-3H3. The minimum absolute atomic E-state index is 0.000968. The third-order valence-electron chi connectivity index (χ3n) is 5.71. The Kier molecular flexibility index (Phi) is 6.08. The Hall–Kier alpha value is -3.13. The number of cyclic esters (lactones) is 1. The maximum Gasteiger partial charge on any atom is 0.414 e. The van der Waals surface area contributed by atoms with E-state index in [1.54, 1.807) is 36.3 Å². The van der Waals surface area contributed by atoms with E-state index in [2.05, 4.69) is 22.9 Å². The zero-order valence-electron chi connectivity index (χ0n) is 18.2. The molecule has 0 radical (unpaired) electrons. The molecule has 1 atom stereocenters. The Labute approximate surface area is 182 Å². The average molecular weight is 425 g/mol. The second-order valence-electron chi connectivity index (χ2n) is 8.05. The van der Waals surface area contributed by atoms with Gasteiger partial charge in [0.15, 0.2) is 0 Å². The van der Waals surface area contributed by atoms with E-state index in [0.717, 1.165) is 30.0 Å². The number of hydrogen-bond acceptors (Lipinski definition) is 6. The number of hydrogen-bond donors (Lipinski definition) is 0. The number of ether oxygens (including phenoxy) is 2. The Morgan fingerprint density at radius 3 is 2.52 bits per heavy atom. The maximum absolute atomic E-state index is 13.0. The molecule has 8 heteroatoms. The molecule has 2 fully saturated rings. The first-order chi connectivity index (χ1) is 15.0. The van der Waals surface area contributed by atoms with Crippen molar-refractivity contribution in [2.45, 2.75) is 20.0 Å². The van der Waals surface area contributed by atoms with Crippen molar-refractivity contribution in [3.8, 4) is 0 Å². The lowest BCUT2D eigenvalue weighted by Gasteiger charge is -2.36. The van der Waals surface area contributed by atoms with Gasteiger partial charge in [0.05, 0.1) is 13.2 Å². The van der Waals surface area contributed by atoms with Gasteiger partial charge in [-0.1, -0.05) is 6.07 Å². The first-order valence-electron chi connectivity index (χ1n) is 10.5. The molecule has 0 N–H and O–H groups in total. The van der Waals surface area contributed by atoms with Gasteiger partial charge in [-0.15, -0.1) is 0 Å². The van der Waals surface area contributed by atoms with Crippen molar-refractivity contribution in [1.82, 2.24) is 9.88 Å². The molecule has 1 aromatic heterocycles. The Morgan fingerprint density at radius 1 is 1.16 bits per heavy atom. The third-order valence-corrected chi connectivity index (χ3v) is 5.71. The molecule has 1 unspecified atom stereocenters. The predicted molar refractivity (Wildman–Crippen MR) is 118 cm³/mol. The summed E-state index contributed by atoms with van der Waals surface area (Å²) in [5.74, 6) is 0.993. The van der Waals surface area contributed by atoms with Gasteiger partial charge in [-0.2, -0.15) is 0 Å². The van der Waals surface area contributed by atoms with Crippen LogP contribution in [0, 0.1) is 13.8 Å². The molecule has 2 aliphatic rings. The molecule has 2 saturated heterocycles. The van der Waals surface area contributed by atoms with Crippen molar-refractivity contribution in [3.05, 3.63) is 53.2 Å². The highest BCUT2D eigenvalue weighted by Gasteiger charge is 2.32. The molecule has 0 bridgehead atoms. The molecule has 2 aliphatic heterocycles. The van der Waals surface area contributed by atoms with E-state index in [4.69, 9.17) is 9.47 Å². The fourth-order valence-corrected chi connectivity index (χ4v) is 4.13. The van der Waals surface area contributed by atoms with Crippen molar-refractivity contribution in [2.24, 2.45) is 0 Å². The van der Waals surface area contributed by atoms with Crippen LogP contribution in [0.4, 0.5) is 16.3 Å². The van der Waals surface area contributed by atoms with Crippen LogP contribution in [0.3, 0.4) is 0 Å². The maximum atomic E-state index is 13.0. The van der Waals surface area contributed by atoms with Crippen LogP contribution >= 0.6 is 0 Å². The second-order valence-corrected chi connectivity index (χ2v) is 8.05. The van der Waals surface area contributed by atoms with Crippen molar-refractivity contribution in [3.63, 3.8) is 0 Å². The summed E-state index contributed by atoms with van der Waals surface area (Å²) in [6, 6.07) is 9.26. The average Bonchev–Trinajstić information content (AvgIpc) is 3.14. The first kappa shape index (κ1) is 21.1. The van der Waals surface area contributed by atoms with Gasteiger partial charge in [0, 0.05) is 50.7 Å². The number of anilines is 2. The molecule has 31 heavy (non-hydrogen) atoms. The largest absolute Gasteiger partial charge is 0.441 e. The van der Waals surface area contributed by atoms with E-state index in [9.17, 15) is 9.59 Å². The number of rotatable bonds is 5. The van der Waals surface area contributed by atoms with Gasteiger partial charge in [-0.25, -0.2) is 9.78 Å². The SMILES string of the molecule is COCC1CN(c2ccc(C(=O)N3CCN(c4ncc(C)cc4C)CC3)cc2)C(=O)O1. The number of piperazine rings is 1. The van der Waals surface area contributed by atoms with Crippen LogP contribution in [-0.2, 0) is 9.47 Å². The molecule has 1 aromatic carbocycles. The summed E-state index contributed by atoms with van der Waals surface area (Å²) in [4.78, 5) is 35.3. The summed E-state index contributed by atoms with van der Waals surface area (Å²) in [7, 11) is 1.58. The number of nitrogens with zero attached hydrogens (tertiary/aromatic N) is 4. The van der Waals surface area contributed by atoms with E-state index in [0.29, 0.717) is 37.5 Å². The number of aromatic nitrogens is 1. The van der Waals surface area contributed by atoms with E-state index in [1.165, 1.54) is 0 Å². The van der Waals surface area contributed by atoms with Gasteiger partial charge in [0.2, 0.25) is 0 Å². The summed E-state index contributed by atoms with van der Waals surface area (Å²) in [6.45, 7) is 7.71. The molecule has 8 nitrogen and oxygen atoms in total. The van der Waals surface area contributed by atoms with Crippen LogP contribution in [0.25, 0.3) is 0 Å². The van der Waals surface area contributed by atoms with Crippen LogP contribution in [0.15, 0.2) is 36.5 Å². The first-order valence-corrected chi connectivity index (χ1v) is 10.5. The topological polar surface area (TPSA) is 75.2 Å². The third kappa shape index (κ3) is 4.49. The molecular formula is C23H28N4O4. The molecule has 4 rings (SSSR count). The summed E-state index contributed by atoms with van der Waals surface area (Å²) in [5.41, 5.74) is 3.63. The minimum Gasteiger partial charge on any atom is -0.441 e. The Bertz CT molecular complexity index is 955. The highest BCUT2D eigenvalue weighted by Crippen LogP contribution is 2.24. The monoisotopic (exact) mass is 424 g/mol. The number of methoxy groups -OCH3 is 1. The van der Waals surface area contributed by atoms with Crippen molar-refractivity contribution >= 4 is 23.5 Å². The van der Waals surface area contributed by atoms with E-state index in [1.807, 2.05) is 18.0 Å². The number of pyridine rings is 1. The lowest BCUT2D eigenvalue weighted by molar-refractivity contribution is 0.0717. The lowest BCUT2D eigenvalue weighted by atomic mass is 10.1. The smallest absolute Gasteiger partial charge is 0.414 e. The fraction of sp³-hybridized carbons (Fsp3) is 0.435. The quantitative estimate of drug-likeness (QED) is 0.735. The molecule has 0 spiro atoms. The van der Waals surface area contributed by atoms with Crippen LogP contribution in [0.1, 0.15) is 21.5 Å². The fourth-order valence-electron chi connectivity index (χ4n) is 4.13. The summed E-state index contributed by atoms with van der Waals surface area (Å²) in [5, 5.41) is 0. The Morgan fingerprint density at radius 2 is 1.87 bits per heavy atom. The molecule has 2 aromatic rings. The number of carbonyl (C=O) groups excluding carboxylic acids is 2. The van der Waals surface area contributed by atoms with Crippen LogP contribution in [0.2, 0.25) is 0 Å². The van der Waals surface area contributed by atoms with Crippen molar-refractivity contribution < 1.29 is 19.1 Å². The van der Waals surface area contributed by atoms with Gasteiger partial charge in [0.1, 0.15) is 11.9 Å². The minimum atomic E-state index is -0.391. The van der Waals surface area contributed by atoms with E-state index in [-0.39, 0.29) is 12.0 Å². The lowest BCUT2D eigenvalue weighted by Crippen LogP contribution is -2.49. The number of amides is 2. The van der Waals surface area contributed by atoms with Gasteiger partial charge in [-0.05, 0) is 49.2 Å². The van der Waals surface area contributed by atoms with Crippen LogP contribution in [-0.4, -0.2) is 74.4 Å². The molecule has 164 valence electrons. The molecule has 0 saturated carbocycles. The van der Waals surface area contributed by atoms with Gasteiger partial charge in [-0.3, -0.25) is 9.69 Å². The second kappa shape index (κ2) is 8.93. The van der Waals surface area contributed by atoms with Crippen molar-refractivity contribution in [2.75, 3.05) is 56.2 Å². The van der Waals surface area contributed by atoms with Crippen LogP contribution in [0.5, 0.6) is 0 Å². The zero-order valence-corrected chi connectivity index (χ0v) is 18.2. The molecular weight excluding hydrogens is 396 g/mol. The number of carbonyl (C=O) groups is 2. The number of benzene rings is 1. The summed E-state index contributed by atoms with van der Waals surface area (Å²) in [6.07, 6.45) is 1.22. The highest BCUT2D eigenvalue weighted by atomic mass is 16.6. The summed E-state index contributed by atoms with van der Waals surface area (Å²) >= 11 is 0. The zero-order chi connectivity index (χ0) is 22.0. The van der Waals surface area contributed by atoms with E-state index < -0.39 is 6.09 Å². The van der Waals surface area contributed by atoms with Gasteiger partial charge >= 0.3 is 6.09 Å². The predicted octanol–water partition coefficient (Wildman–Crippen LogP) is 2.63.